The predicted octanol–water partition coefficient (Wildman–Crippen LogP) is 6.39. The Morgan fingerprint density at radius 2 is 1.60 bits per heavy atom. The van der Waals surface area contributed by atoms with Gasteiger partial charge in [-0.15, -0.1) is 0 Å². The number of allylic oxidation sites excluding steroid dienone is 2. The Balaban J connectivity index is 1.48. The number of nitrogens with zero attached hydrogens (tertiary/aromatic N) is 3. The van der Waals surface area contributed by atoms with E-state index in [0.29, 0.717) is 19.6 Å². The number of carbonyl (C=O) groups is 3. The number of carbonyl (C=O) groups excluding carboxylic acids is 3. The van der Waals surface area contributed by atoms with Crippen molar-refractivity contribution in [2.75, 3.05) is 25.5 Å². The number of anilines is 1. The number of phenols is 4. The van der Waals surface area contributed by atoms with Crippen molar-refractivity contribution in [2.24, 2.45) is 28.8 Å². The lowest BCUT2D eigenvalue weighted by Gasteiger charge is -2.42. The van der Waals surface area contributed by atoms with Gasteiger partial charge in [-0.25, -0.2) is 0 Å². The molecule has 4 aliphatic rings. The zero-order valence-corrected chi connectivity index (χ0v) is 40.6. The maximum Gasteiger partial charge on any atom is 0.312 e. The van der Waals surface area contributed by atoms with E-state index in [1.54, 1.807) is 58.0 Å². The Morgan fingerprint density at radius 3 is 2.24 bits per heavy atom. The van der Waals surface area contributed by atoms with Crippen LogP contribution in [-0.2, 0) is 30.3 Å². The fourth-order valence-electron chi connectivity index (χ4n) is 9.69. The van der Waals surface area contributed by atoms with Crippen molar-refractivity contribution in [1.82, 2.24) is 9.91 Å². The highest BCUT2D eigenvalue weighted by atomic mass is 16.7. The number of fused-ring (bicyclic) bond motifs is 14. The number of rotatable bonds is 6. The van der Waals surface area contributed by atoms with Crippen LogP contribution in [0, 0.1) is 30.6 Å². The van der Waals surface area contributed by atoms with Crippen molar-refractivity contribution in [2.45, 2.75) is 118 Å². The molecule has 0 aromatic heterocycles. The number of nitrogens with one attached hydrogen (secondary N) is 1. The number of aliphatic hydroxyl groups excluding tert-OH is 2. The van der Waals surface area contributed by atoms with E-state index >= 15 is 0 Å². The molecule has 0 unspecified atom stereocenters. The zero-order chi connectivity index (χ0) is 50.1. The van der Waals surface area contributed by atoms with Crippen LogP contribution in [0.4, 0.5) is 5.69 Å². The summed E-state index contributed by atoms with van der Waals surface area (Å²) in [6, 6.07) is 6.72. The van der Waals surface area contributed by atoms with Crippen LogP contribution in [0.2, 0.25) is 0 Å². The lowest BCUT2D eigenvalue weighted by molar-refractivity contribution is -0.160. The number of ether oxygens (including phenoxy) is 4. The quantitative estimate of drug-likeness (QED) is 0.0614. The first-order valence-electron chi connectivity index (χ1n) is 22.9. The molecule has 0 spiro atoms. The molecule has 1 saturated heterocycles. The third-order valence-electron chi connectivity index (χ3n) is 13.6. The number of phenolic OH excluding ortho intramolecular Hbond substituents is 4. The molecule has 1 fully saturated rings. The van der Waals surface area contributed by atoms with Gasteiger partial charge in [-0.3, -0.25) is 24.3 Å². The van der Waals surface area contributed by atoms with Gasteiger partial charge in [0, 0.05) is 80.8 Å². The Kier molecular flexibility index (Phi) is 15.5. The predicted molar refractivity (Wildman–Crippen MR) is 256 cm³/mol. The number of benzene rings is 3. The number of hydrogen-bond donors (Lipinski definition) is 7. The Hall–Kier alpha value is -6.14. The topological polar surface area (TPSA) is 240 Å². The van der Waals surface area contributed by atoms with Crippen LogP contribution in [0.15, 0.2) is 65.5 Å². The third kappa shape index (κ3) is 10.2. The van der Waals surface area contributed by atoms with E-state index < -0.39 is 88.8 Å². The largest absolute Gasteiger partial charge is 0.508 e. The number of esters is 1. The van der Waals surface area contributed by atoms with Gasteiger partial charge in [0.1, 0.15) is 29.1 Å². The molecule has 0 saturated carbocycles. The van der Waals surface area contributed by atoms with Gasteiger partial charge in [0.25, 0.3) is 11.7 Å². The fourth-order valence-corrected chi connectivity index (χ4v) is 9.69. The lowest BCUT2D eigenvalue weighted by Crippen LogP contribution is -2.54. The molecule has 17 nitrogen and oxygen atoms in total. The van der Waals surface area contributed by atoms with Gasteiger partial charge in [-0.2, -0.15) is 5.10 Å². The molecule has 3 aromatic carbocycles. The van der Waals surface area contributed by atoms with Crippen molar-refractivity contribution >= 4 is 40.3 Å². The minimum absolute atomic E-state index is 0.0363. The third-order valence-corrected chi connectivity index (χ3v) is 13.6. The summed E-state index contributed by atoms with van der Waals surface area (Å²) in [6.07, 6.45) is 4.77. The fraction of sp³-hybridized carbons (Fsp3) is 0.490. The minimum atomic E-state index is -2.08. The average Bonchev–Trinajstić information content (AvgIpc) is 3.55. The summed E-state index contributed by atoms with van der Waals surface area (Å²) in [7, 11) is 1.43. The number of hydrazone groups is 1. The summed E-state index contributed by atoms with van der Waals surface area (Å²) < 4.78 is 23.8. The number of hydrogen-bond acceptors (Lipinski definition) is 16. The van der Waals surface area contributed by atoms with Gasteiger partial charge >= 0.3 is 11.8 Å². The van der Waals surface area contributed by atoms with Crippen LogP contribution in [0.5, 0.6) is 28.7 Å². The molecule has 7 rings (SSSR count). The molecular formula is C51H66N4O13. The maximum atomic E-state index is 14.6. The minimum Gasteiger partial charge on any atom is -0.508 e. The number of ketones is 1. The van der Waals surface area contributed by atoms with Gasteiger partial charge in [-0.05, 0) is 51.5 Å². The van der Waals surface area contributed by atoms with Crippen molar-refractivity contribution in [3.8, 4) is 28.7 Å². The average molecular weight is 943 g/mol. The van der Waals surface area contributed by atoms with Gasteiger partial charge in [-0.1, -0.05) is 58.1 Å². The van der Waals surface area contributed by atoms with E-state index in [1.807, 2.05) is 24.9 Å². The second-order valence-corrected chi connectivity index (χ2v) is 18.8. The normalized spacial score (nSPS) is 29.8. The van der Waals surface area contributed by atoms with E-state index in [0.717, 1.165) is 5.56 Å². The summed E-state index contributed by atoms with van der Waals surface area (Å²) in [5, 5.41) is 78.1. The van der Waals surface area contributed by atoms with E-state index in [1.165, 1.54) is 59.4 Å². The first-order valence-corrected chi connectivity index (χ1v) is 22.9. The second kappa shape index (κ2) is 20.6. The van der Waals surface area contributed by atoms with Crippen molar-refractivity contribution in [1.29, 1.82) is 0 Å². The van der Waals surface area contributed by atoms with Crippen LogP contribution >= 0.6 is 0 Å². The Bertz CT molecular complexity index is 2530. The van der Waals surface area contributed by atoms with E-state index in [4.69, 9.17) is 24.0 Å². The standard InChI is InChI=1S/C51H66N4O13/c1-25-14-12-15-26(2)50(64)53-41-36(21-52-55-27(3)22-54(23-28(55)4)24-34-16-13-17-35(57)20-34)45(61)38-39(46(41)62)44(60)32(8)48-40(38)49(63)51(10,68-48)66-19-18-37(65-11)29(5)47(67-33(9)56)31(7)43(59)30(6)42(25)58/h12-21,25,27-31,37,42-43,47,57-62H,22-24H2,1-11H3,(H,53,64)/t25-,27-,28+,29+,30-,31-,37+,42-,43-,47-,51-/m0/s1. The first-order chi connectivity index (χ1) is 32.0. The number of aliphatic hydroxyl groups is 2. The molecule has 4 aliphatic heterocycles. The first kappa shape index (κ1) is 51.3. The second-order valence-electron chi connectivity index (χ2n) is 18.8. The smallest absolute Gasteiger partial charge is 0.312 e. The summed E-state index contributed by atoms with van der Waals surface area (Å²) in [5.74, 6) is -8.45. The molecule has 3 aromatic rings. The van der Waals surface area contributed by atoms with Gasteiger partial charge in [0.15, 0.2) is 5.75 Å². The molecule has 5 bridgehead atoms. The number of Topliss-reactive ketones (excluding diaryl/α,β-unsaturated/α-hetero) is 1. The molecule has 368 valence electrons. The monoisotopic (exact) mass is 942 g/mol. The Morgan fingerprint density at radius 1 is 0.926 bits per heavy atom. The van der Waals surface area contributed by atoms with Crippen LogP contribution < -0.4 is 10.1 Å². The zero-order valence-electron chi connectivity index (χ0n) is 40.6. The molecule has 0 aliphatic carbocycles. The van der Waals surface area contributed by atoms with E-state index in [2.05, 4.69) is 10.2 Å². The lowest BCUT2D eigenvalue weighted by atomic mass is 9.78. The highest BCUT2D eigenvalue weighted by Crippen LogP contribution is 2.55. The molecule has 17 heteroatoms. The summed E-state index contributed by atoms with van der Waals surface area (Å²) in [5.41, 5.74) is 0.454. The molecule has 4 heterocycles. The summed E-state index contributed by atoms with van der Waals surface area (Å²) in [4.78, 5) is 43.3. The van der Waals surface area contributed by atoms with E-state index in [9.17, 15) is 45.0 Å². The highest BCUT2D eigenvalue weighted by Gasteiger charge is 2.50. The van der Waals surface area contributed by atoms with Crippen LogP contribution in [-0.4, -0.2) is 127 Å². The SMILES string of the molecule is CO[C@@H]1C=CO[C@@]2(C)Oc3c(C)c(O)c4c(O)c(c(C=NN5[C@H](C)CN(Cc6cccc(O)c6)C[C@@H]5C)c(O)c4c3C2=O)NC(=O)C(C)=CC=C[C@H](C)[C@H](O)[C@H](C)[C@H](O)[C@H](C)[C@@H](OC(C)=O)[C@@H]1C. The summed E-state index contributed by atoms with van der Waals surface area (Å²) >= 11 is 0. The number of aromatic hydroxyl groups is 4. The number of piperazine rings is 1. The molecule has 1 amide bonds. The van der Waals surface area contributed by atoms with Crippen LogP contribution in [0.3, 0.4) is 0 Å². The van der Waals surface area contributed by atoms with E-state index in [-0.39, 0.29) is 62.3 Å². The molecule has 0 radical (unpaired) electrons. The number of amides is 1. The molecular weight excluding hydrogens is 877 g/mol. The molecule has 7 N–H and O–H groups in total. The van der Waals surface area contributed by atoms with Crippen molar-refractivity contribution in [3.05, 3.63) is 82.7 Å². The Labute approximate surface area is 396 Å². The van der Waals surface area contributed by atoms with Crippen molar-refractivity contribution < 1.29 is 64.0 Å². The highest BCUT2D eigenvalue weighted by molar-refractivity contribution is 6.23. The van der Waals surface area contributed by atoms with Crippen LogP contribution in [0.1, 0.15) is 89.4 Å². The number of methoxy groups -OCH3 is 1. The maximum absolute atomic E-state index is 14.6. The molecule has 68 heavy (non-hydrogen) atoms. The van der Waals surface area contributed by atoms with Gasteiger partial charge < -0.3 is 54.9 Å². The summed E-state index contributed by atoms with van der Waals surface area (Å²) in [6.45, 7) is 18.2. The van der Waals surface area contributed by atoms with Crippen LogP contribution in [0.25, 0.3) is 10.8 Å². The molecule has 11 atom stereocenters. The van der Waals surface area contributed by atoms with Gasteiger partial charge in [0.05, 0.1) is 65.1 Å². The van der Waals surface area contributed by atoms with Crippen molar-refractivity contribution in [3.63, 3.8) is 0 Å². The van der Waals surface area contributed by atoms with Gasteiger partial charge in [0.2, 0.25) is 0 Å².